The molecule has 41 heteroatoms. The molecule has 93 heavy (non-hydrogen) atoms. The monoisotopic (exact) mass is 1330 g/mol. The predicted molar refractivity (Wildman–Crippen MR) is 319 cm³/mol. The number of guanidine groups is 2. The number of carboxylic acids is 7. The Morgan fingerprint density at radius 2 is 0.538 bits per heavy atom. The normalized spacial score (nSPS) is 14.0. The summed E-state index contributed by atoms with van der Waals surface area (Å²) in [6.45, 7) is 0.356. The Morgan fingerprint density at radius 3 is 0.806 bits per heavy atom. The molecule has 10 atom stereocenters. The van der Waals surface area contributed by atoms with E-state index in [1.54, 1.807) is 0 Å². The summed E-state index contributed by atoms with van der Waals surface area (Å²) in [4.78, 5) is 207. The number of carbonyl (C=O) groups is 16. The molecule has 41 nitrogen and oxygen atoms in total. The van der Waals surface area contributed by atoms with Gasteiger partial charge in [-0.3, -0.25) is 82.7 Å². The van der Waals surface area contributed by atoms with Crippen LogP contribution in [0.25, 0.3) is 0 Å². The van der Waals surface area contributed by atoms with E-state index < -0.39 is 226 Å². The fraction of sp³-hybridized carbons (Fsp3) is 0.654. The highest BCUT2D eigenvalue weighted by Crippen LogP contribution is 2.12. The van der Waals surface area contributed by atoms with Crippen molar-refractivity contribution in [3.05, 3.63) is 0 Å². The Hall–Kier alpha value is -10.1. The van der Waals surface area contributed by atoms with Crippen LogP contribution < -0.4 is 87.2 Å². The number of hydrogen-bond donors (Lipinski definition) is 25. The summed E-state index contributed by atoms with van der Waals surface area (Å²) in [6.07, 6.45) is -8.72. The van der Waals surface area contributed by atoms with Crippen LogP contribution in [0.1, 0.15) is 128 Å². The second-order valence-electron chi connectivity index (χ2n) is 21.0. The van der Waals surface area contributed by atoms with Crippen molar-refractivity contribution in [1.82, 2.24) is 58.5 Å². The van der Waals surface area contributed by atoms with Crippen LogP contribution >= 0.6 is 0 Å². The fourth-order valence-electron chi connectivity index (χ4n) is 8.36. The summed E-state index contributed by atoms with van der Waals surface area (Å²) in [5.41, 5.74) is 28.0. The third kappa shape index (κ3) is 37.6. The van der Waals surface area contributed by atoms with Gasteiger partial charge in [0.05, 0.1) is 18.9 Å². The first kappa shape index (κ1) is 82.9. The molecule has 0 aromatic carbocycles. The van der Waals surface area contributed by atoms with Gasteiger partial charge in [0.2, 0.25) is 53.2 Å². The standard InChI is InChI=1S/C52H88N18O23/c53-19-3-1-8-26(63-44(86)28(10-6-22-61-52(58)59)62-41(83)25(55)7-5-21-60-51(56)57)42(84)65-29(11-15-35(71)72)46(88)67-31(13-17-37(75)76)47(89)69-33(23-39(79)80)49(91)68-30(12-16-36(73)74)45(87)64-27(9-2-4-20-54)43(85)66-32(14-18-38(77)78)48(90)70-34(50(92)93)24-40(81)82/h25-34H,1-24,53-55H2,(H,62,83)(H,63,86)(H,64,87)(H,65,84)(H,66,85)(H,67,88)(H,68,91)(H,69,89)(H,70,90)(H,71,72)(H,73,74)(H,75,76)(H,77,78)(H,79,80)(H,81,82)(H,92,93)(H4,56,57,60)(H4,58,59,61)/t25-,26-,27-,28-,29-,30-,31-,32-,33-,34-/m0/s1. The third-order valence-corrected chi connectivity index (χ3v) is 13.2. The number of nitrogens with two attached hydrogens (primary N) is 5. The maximum absolute atomic E-state index is 14.2. The van der Waals surface area contributed by atoms with E-state index in [0.717, 1.165) is 0 Å². The molecule has 30 N–H and O–H groups in total. The van der Waals surface area contributed by atoms with Crippen LogP contribution in [-0.4, -0.2) is 229 Å². The van der Waals surface area contributed by atoms with Crippen molar-refractivity contribution >= 4 is 107 Å². The number of hydrogen-bond acceptors (Lipinski definition) is 21. The van der Waals surface area contributed by atoms with Crippen LogP contribution in [-0.2, 0) is 76.7 Å². The second kappa shape index (κ2) is 45.2. The zero-order valence-electron chi connectivity index (χ0n) is 50.8. The van der Waals surface area contributed by atoms with E-state index in [0.29, 0.717) is 0 Å². The lowest BCUT2D eigenvalue weighted by Crippen LogP contribution is -2.61. The van der Waals surface area contributed by atoms with Gasteiger partial charge in [0.15, 0.2) is 11.9 Å². The molecule has 0 unspecified atom stereocenters. The molecule has 0 fully saturated rings. The van der Waals surface area contributed by atoms with Gasteiger partial charge in [-0.25, -0.2) is 4.79 Å². The van der Waals surface area contributed by atoms with E-state index in [2.05, 4.69) is 47.9 Å². The molecule has 0 bridgehead atoms. The maximum atomic E-state index is 14.2. The molecule has 0 aromatic heterocycles. The molecule has 9 amide bonds. The van der Waals surface area contributed by atoms with Crippen LogP contribution in [0.4, 0.5) is 0 Å². The van der Waals surface area contributed by atoms with Crippen molar-refractivity contribution in [2.75, 3.05) is 26.2 Å². The molecule has 524 valence electrons. The molecule has 0 radical (unpaired) electrons. The van der Waals surface area contributed by atoms with E-state index in [1.165, 1.54) is 0 Å². The van der Waals surface area contributed by atoms with Crippen molar-refractivity contribution < 1.29 is 112 Å². The minimum absolute atomic E-state index is 0.0267. The molecule has 0 aromatic rings. The van der Waals surface area contributed by atoms with Crippen LogP contribution in [0.2, 0.25) is 0 Å². The molecule has 0 rings (SSSR count). The first-order valence-electron chi connectivity index (χ1n) is 29.2. The van der Waals surface area contributed by atoms with Crippen LogP contribution in [0.5, 0.6) is 0 Å². The van der Waals surface area contributed by atoms with Gasteiger partial charge in [0.25, 0.3) is 0 Å². The number of rotatable bonds is 51. The average Bonchev–Trinajstić information content (AvgIpc) is 0.981. The maximum Gasteiger partial charge on any atom is 0.326 e. The molecule has 0 aliphatic carbocycles. The molecule has 0 aliphatic rings. The van der Waals surface area contributed by atoms with Gasteiger partial charge in [0.1, 0.15) is 54.4 Å². The van der Waals surface area contributed by atoms with E-state index in [9.17, 15) is 107 Å². The molecule has 0 spiro atoms. The SMILES string of the molecule is N=C(N)NCCC[C@H](NC(=O)[C@@H](N)CCCNC(=N)N)C(=O)N[C@@H](CCCCN)C(=O)N[C@@H](CCC(=O)O)C(=O)N[C@@H](CCC(=O)O)C(=O)N[C@@H](CC(=O)O)C(=O)N[C@@H](CCC(=O)O)C(=O)N[C@@H](CCCCN)C(=O)N[C@@H](CCC(=O)O)C(=O)N[C@@H](CC(=O)O)C(=O)O. The number of carboxylic acid groups (broad SMARTS) is 7. The Labute approximate surface area is 531 Å². The summed E-state index contributed by atoms with van der Waals surface area (Å²) < 4.78 is 0. The van der Waals surface area contributed by atoms with Crippen molar-refractivity contribution in [2.45, 2.75) is 189 Å². The highest BCUT2D eigenvalue weighted by molar-refractivity contribution is 6.00. The zero-order valence-corrected chi connectivity index (χ0v) is 50.8. The fourth-order valence-corrected chi connectivity index (χ4v) is 8.36. The third-order valence-electron chi connectivity index (χ3n) is 13.2. The van der Waals surface area contributed by atoms with E-state index >= 15 is 0 Å². The van der Waals surface area contributed by atoms with Crippen molar-refractivity contribution in [2.24, 2.45) is 28.7 Å². The van der Waals surface area contributed by atoms with Crippen LogP contribution in [0.15, 0.2) is 0 Å². The lowest BCUT2D eigenvalue weighted by Gasteiger charge is -2.28. The van der Waals surface area contributed by atoms with Crippen LogP contribution in [0, 0.1) is 10.8 Å². The average molecular weight is 1330 g/mol. The topological polar surface area (TPSA) is 725 Å². The Kier molecular flexibility index (Phi) is 40.3. The number of unbranched alkanes of at least 4 members (excludes halogenated alkanes) is 2. The van der Waals surface area contributed by atoms with Crippen LogP contribution in [0.3, 0.4) is 0 Å². The Bertz CT molecular complexity index is 2630. The summed E-state index contributed by atoms with van der Waals surface area (Å²) in [5.74, 6) is -23.5. The number of carbonyl (C=O) groups excluding carboxylic acids is 9. The first-order chi connectivity index (χ1) is 43.6. The summed E-state index contributed by atoms with van der Waals surface area (Å²) in [7, 11) is 0. The second-order valence-corrected chi connectivity index (χ2v) is 21.0. The van der Waals surface area contributed by atoms with Gasteiger partial charge in [-0.15, -0.1) is 0 Å². The molecular weight excluding hydrogens is 1240 g/mol. The quantitative estimate of drug-likeness (QED) is 0.0153. The zero-order chi connectivity index (χ0) is 70.9. The van der Waals surface area contributed by atoms with Gasteiger partial charge < -0.3 is 123 Å². The van der Waals surface area contributed by atoms with Crippen molar-refractivity contribution in [1.29, 1.82) is 10.8 Å². The predicted octanol–water partition coefficient (Wildman–Crippen LogP) is -8.05. The van der Waals surface area contributed by atoms with Gasteiger partial charge in [-0.2, -0.15) is 0 Å². The minimum atomic E-state index is -2.28. The number of amides is 9. The van der Waals surface area contributed by atoms with E-state index in [4.69, 9.17) is 44.6 Å². The Morgan fingerprint density at radius 1 is 0.301 bits per heavy atom. The molecule has 0 saturated carbocycles. The summed E-state index contributed by atoms with van der Waals surface area (Å²) in [5, 5.41) is 106. The largest absolute Gasteiger partial charge is 0.481 e. The van der Waals surface area contributed by atoms with Gasteiger partial charge in [-0.05, 0) is 103 Å². The van der Waals surface area contributed by atoms with Crippen molar-refractivity contribution in [3.63, 3.8) is 0 Å². The lowest BCUT2D eigenvalue weighted by atomic mass is 10.0. The first-order valence-corrected chi connectivity index (χ1v) is 29.2. The highest BCUT2D eigenvalue weighted by atomic mass is 16.4. The van der Waals surface area contributed by atoms with E-state index in [-0.39, 0.29) is 96.3 Å². The molecular formula is C52H88N18O23. The molecule has 0 heterocycles. The van der Waals surface area contributed by atoms with Gasteiger partial charge in [-0.1, -0.05) is 0 Å². The van der Waals surface area contributed by atoms with Gasteiger partial charge >= 0.3 is 41.8 Å². The Balaban J connectivity index is 7.18. The van der Waals surface area contributed by atoms with Crippen molar-refractivity contribution in [3.8, 4) is 0 Å². The highest BCUT2D eigenvalue weighted by Gasteiger charge is 2.37. The lowest BCUT2D eigenvalue weighted by molar-refractivity contribution is -0.147. The van der Waals surface area contributed by atoms with E-state index in [1.807, 2.05) is 10.6 Å². The number of nitrogens with one attached hydrogen (secondary N) is 13. The van der Waals surface area contributed by atoms with Gasteiger partial charge in [0, 0.05) is 38.8 Å². The minimum Gasteiger partial charge on any atom is -0.481 e. The molecule has 0 saturated heterocycles. The number of aliphatic carboxylic acids is 7. The molecule has 0 aliphatic heterocycles. The summed E-state index contributed by atoms with van der Waals surface area (Å²) >= 11 is 0. The summed E-state index contributed by atoms with van der Waals surface area (Å²) in [6, 6.07) is -18.2. The smallest absolute Gasteiger partial charge is 0.326 e.